The van der Waals surface area contributed by atoms with Gasteiger partial charge < -0.3 is 14.6 Å². The number of carboxylic acids is 1. The van der Waals surface area contributed by atoms with Gasteiger partial charge >= 0.3 is 17.9 Å². The molecule has 9 atom stereocenters. The molecule has 8 nitrogen and oxygen atoms in total. The molecule has 0 aromatic rings. The number of hydrogen-bond acceptors (Lipinski definition) is 7. The molecule has 1 N–H and O–H groups in total. The van der Waals surface area contributed by atoms with Gasteiger partial charge in [0.2, 0.25) is 0 Å². The van der Waals surface area contributed by atoms with Crippen LogP contribution in [0.5, 0.6) is 0 Å². The Kier molecular flexibility index (Phi) is 8.05. The molecule has 0 heterocycles. The van der Waals surface area contributed by atoms with E-state index in [9.17, 15) is 29.1 Å². The number of aliphatic carboxylic acids is 1. The molecular formula is C32H42O8. The van der Waals surface area contributed by atoms with Gasteiger partial charge in [-0.1, -0.05) is 38.5 Å². The average molecular weight is 555 g/mol. The minimum atomic E-state index is -1.23. The number of carbonyl (C=O) groups is 5. The van der Waals surface area contributed by atoms with Crippen LogP contribution in [-0.4, -0.2) is 46.8 Å². The maximum absolute atomic E-state index is 14.6. The van der Waals surface area contributed by atoms with Gasteiger partial charge in [0.1, 0.15) is 6.10 Å². The molecule has 0 amide bonds. The highest BCUT2D eigenvalue weighted by Gasteiger charge is 2.70. The third kappa shape index (κ3) is 4.77. The fourth-order valence-electron chi connectivity index (χ4n) is 8.74. The van der Waals surface area contributed by atoms with Crippen molar-refractivity contribution in [3.63, 3.8) is 0 Å². The van der Waals surface area contributed by atoms with Gasteiger partial charge in [0.25, 0.3) is 0 Å². The molecule has 8 heteroatoms. The maximum Gasteiger partial charge on any atom is 0.331 e. The highest BCUT2D eigenvalue weighted by molar-refractivity contribution is 5.96. The summed E-state index contributed by atoms with van der Waals surface area (Å²) < 4.78 is 11.7. The zero-order valence-corrected chi connectivity index (χ0v) is 24.6. The van der Waals surface area contributed by atoms with E-state index in [4.69, 9.17) is 9.47 Å². The van der Waals surface area contributed by atoms with Crippen LogP contribution in [0.1, 0.15) is 80.6 Å². The summed E-state index contributed by atoms with van der Waals surface area (Å²) in [5.41, 5.74) is -0.0496. The van der Waals surface area contributed by atoms with Gasteiger partial charge in [0.05, 0.1) is 0 Å². The Morgan fingerprint density at radius 3 is 2.27 bits per heavy atom. The Bertz CT molecular complexity index is 1220. The Morgan fingerprint density at radius 1 is 1.05 bits per heavy atom. The summed E-state index contributed by atoms with van der Waals surface area (Å²) in [4.78, 5) is 64.7. The molecule has 0 bridgehead atoms. The van der Waals surface area contributed by atoms with E-state index in [1.165, 1.54) is 13.8 Å². The lowest BCUT2D eigenvalue weighted by Crippen LogP contribution is -2.64. The monoisotopic (exact) mass is 554 g/mol. The summed E-state index contributed by atoms with van der Waals surface area (Å²) in [6.07, 6.45) is 5.73. The van der Waals surface area contributed by atoms with Gasteiger partial charge in [-0.15, -0.1) is 0 Å². The highest BCUT2D eigenvalue weighted by atomic mass is 16.6. The summed E-state index contributed by atoms with van der Waals surface area (Å²) in [7, 11) is 0. The number of esters is 2. The van der Waals surface area contributed by atoms with Crippen molar-refractivity contribution in [1.29, 1.82) is 0 Å². The number of Topliss-reactive ketones (excluding diaryl/α,β-unsaturated/α-hetero) is 1. The van der Waals surface area contributed by atoms with E-state index in [1.54, 1.807) is 6.08 Å². The molecule has 0 aromatic heterocycles. The first kappa shape index (κ1) is 29.9. The van der Waals surface area contributed by atoms with E-state index in [2.05, 4.69) is 0 Å². The third-order valence-corrected chi connectivity index (χ3v) is 10.3. The lowest BCUT2D eigenvalue weighted by atomic mass is 9.44. The Hall–Kier alpha value is -3.03. The molecule has 3 fully saturated rings. The quantitative estimate of drug-likeness (QED) is 0.276. The molecule has 4 aliphatic rings. The molecule has 40 heavy (non-hydrogen) atoms. The van der Waals surface area contributed by atoms with Crippen LogP contribution in [0.25, 0.3) is 0 Å². The number of fused-ring (bicyclic) bond motifs is 5. The number of carboxylic acid groups (broad SMARTS) is 1. The molecule has 0 saturated heterocycles. The number of carbonyl (C=O) groups excluding carboxylic acids is 4. The molecule has 1 unspecified atom stereocenters. The zero-order valence-electron chi connectivity index (χ0n) is 24.6. The number of rotatable bonds is 6. The highest BCUT2D eigenvalue weighted by Crippen LogP contribution is 2.67. The largest absolute Gasteiger partial charge is 0.478 e. The van der Waals surface area contributed by atoms with E-state index in [-0.39, 0.29) is 47.7 Å². The van der Waals surface area contributed by atoms with E-state index < -0.39 is 52.8 Å². The standard InChI is InChI=1S/C32H42O8/c1-16(2)9-8-10-20(30(37)38)23-15-25(39-18(4)33)26-21-11-12-22-17(3)24(35)13-14-31(22,6)27(21)28(36)29(32(23,26)7)40-19(5)34/h9,13-14,17,21-22,25-27,29H,8,10-12,15H2,1-7H3,(H,37,38)/t17-,21-,22-,25?,26+,27+,29-,31-,32+/m0/s1. The van der Waals surface area contributed by atoms with Crippen molar-refractivity contribution in [3.8, 4) is 0 Å². The van der Waals surface area contributed by atoms with Crippen molar-refractivity contribution in [2.24, 2.45) is 40.4 Å². The molecule has 218 valence electrons. The van der Waals surface area contributed by atoms with E-state index in [1.807, 2.05) is 46.8 Å². The summed E-state index contributed by atoms with van der Waals surface area (Å²) in [5, 5.41) is 10.4. The van der Waals surface area contributed by atoms with Crippen molar-refractivity contribution in [2.75, 3.05) is 0 Å². The molecule has 3 saturated carbocycles. The predicted molar refractivity (Wildman–Crippen MR) is 147 cm³/mol. The second kappa shape index (κ2) is 10.7. The second-order valence-electron chi connectivity index (χ2n) is 12.9. The first-order valence-electron chi connectivity index (χ1n) is 14.3. The number of ether oxygens (including phenoxy) is 2. The van der Waals surface area contributed by atoms with Crippen LogP contribution in [0.3, 0.4) is 0 Å². The minimum Gasteiger partial charge on any atom is -0.478 e. The lowest BCUT2D eigenvalue weighted by Gasteiger charge is -2.60. The Morgan fingerprint density at radius 2 is 1.70 bits per heavy atom. The van der Waals surface area contributed by atoms with Crippen LogP contribution >= 0.6 is 0 Å². The van der Waals surface area contributed by atoms with Gasteiger partial charge in [0, 0.05) is 49.0 Å². The van der Waals surface area contributed by atoms with Crippen molar-refractivity contribution in [1.82, 2.24) is 0 Å². The molecule has 4 aliphatic carbocycles. The van der Waals surface area contributed by atoms with Gasteiger partial charge in [0.15, 0.2) is 17.7 Å². The fraction of sp³-hybridized carbons (Fsp3) is 0.656. The van der Waals surface area contributed by atoms with Crippen LogP contribution in [0, 0.1) is 40.4 Å². The average Bonchev–Trinajstić information content (AvgIpc) is 3.12. The van der Waals surface area contributed by atoms with Crippen molar-refractivity contribution >= 4 is 29.5 Å². The van der Waals surface area contributed by atoms with Crippen molar-refractivity contribution in [2.45, 2.75) is 92.8 Å². The summed E-state index contributed by atoms with van der Waals surface area (Å²) >= 11 is 0. The van der Waals surface area contributed by atoms with Crippen molar-refractivity contribution in [3.05, 3.63) is 34.9 Å². The van der Waals surface area contributed by atoms with Gasteiger partial charge in [-0.2, -0.15) is 0 Å². The molecular weight excluding hydrogens is 512 g/mol. The maximum atomic E-state index is 14.6. The van der Waals surface area contributed by atoms with Gasteiger partial charge in [-0.25, -0.2) is 4.79 Å². The van der Waals surface area contributed by atoms with E-state index in [0.29, 0.717) is 24.8 Å². The van der Waals surface area contributed by atoms with Crippen molar-refractivity contribution < 1.29 is 38.6 Å². The topological polar surface area (TPSA) is 124 Å². The normalized spacial score (nSPS) is 39.4. The molecule has 0 aromatic carbocycles. The molecule has 0 radical (unpaired) electrons. The Labute approximate surface area is 236 Å². The molecule has 4 rings (SSSR count). The van der Waals surface area contributed by atoms with Crippen LogP contribution in [-0.2, 0) is 33.4 Å². The minimum absolute atomic E-state index is 0.0388. The zero-order chi connectivity index (χ0) is 29.7. The summed E-state index contributed by atoms with van der Waals surface area (Å²) in [6.45, 7) is 12.2. The summed E-state index contributed by atoms with van der Waals surface area (Å²) in [6, 6.07) is 0. The second-order valence-corrected chi connectivity index (χ2v) is 12.9. The lowest BCUT2D eigenvalue weighted by molar-refractivity contribution is -0.190. The fourth-order valence-corrected chi connectivity index (χ4v) is 8.74. The van der Waals surface area contributed by atoms with E-state index in [0.717, 1.165) is 5.57 Å². The predicted octanol–water partition coefficient (Wildman–Crippen LogP) is 5.01. The number of ketones is 2. The Balaban J connectivity index is 1.94. The first-order chi connectivity index (χ1) is 18.6. The first-order valence-corrected chi connectivity index (χ1v) is 14.3. The van der Waals surface area contributed by atoms with Crippen LogP contribution in [0.4, 0.5) is 0 Å². The van der Waals surface area contributed by atoms with Gasteiger partial charge in [-0.05, 0) is 68.4 Å². The van der Waals surface area contributed by atoms with Gasteiger partial charge in [-0.3, -0.25) is 19.2 Å². The van der Waals surface area contributed by atoms with Crippen LogP contribution < -0.4 is 0 Å². The smallest absolute Gasteiger partial charge is 0.331 e. The third-order valence-electron chi connectivity index (χ3n) is 10.3. The molecule has 0 spiro atoms. The molecule has 0 aliphatic heterocycles. The SMILES string of the molecule is CC(=O)OC1CC(=C(CCC=C(C)C)C(=O)O)[C@@]2(C)[C@@H](OC(C)=O)C(=O)[C@H]3[C@@H](CC[C@H]4[C@H](C)C(=O)C=C[C@@]43C)[C@H]12. The number of allylic oxidation sites excluding steroid dienone is 4. The van der Waals surface area contributed by atoms with Crippen LogP contribution in [0.2, 0.25) is 0 Å². The van der Waals surface area contributed by atoms with E-state index >= 15 is 0 Å². The number of hydrogen-bond donors (Lipinski definition) is 1. The summed E-state index contributed by atoms with van der Waals surface area (Å²) in [5.74, 6) is -3.96. The van der Waals surface area contributed by atoms with Crippen LogP contribution in [0.15, 0.2) is 34.9 Å².